The largest absolute Gasteiger partial charge is 0.492 e. The third-order valence-electron chi connectivity index (χ3n) is 18.5. The molecule has 0 unspecified atom stereocenters. The fraction of sp³-hybridized carbons (Fsp3) is 0.271. The van der Waals surface area contributed by atoms with Gasteiger partial charge in [0.15, 0.2) is 115 Å². The third-order valence-corrected chi connectivity index (χ3v) is 24.6. The number of methoxy groups -OCH3 is 11. The van der Waals surface area contributed by atoms with Gasteiger partial charge in [-0.05, 0) is 47.1 Å². The predicted octanol–water partition coefficient (Wildman–Crippen LogP) is 14.6. The zero-order chi connectivity index (χ0) is 99.6. The van der Waals surface area contributed by atoms with Gasteiger partial charge in [-0.15, -0.1) is 0 Å². The van der Waals surface area contributed by atoms with Gasteiger partial charge in [-0.1, -0.05) is 126 Å². The zero-order valence-electron chi connectivity index (χ0n) is 74.4. The van der Waals surface area contributed by atoms with Gasteiger partial charge in [0.2, 0.25) is 0 Å². The molecule has 6 aromatic heterocycles. The van der Waals surface area contributed by atoms with Crippen LogP contribution in [-0.4, -0.2) is 173 Å². The number of esters is 5. The number of carbonyl (C=O) groups is 6. The van der Waals surface area contributed by atoms with Crippen LogP contribution in [0.15, 0.2) is 79.4 Å². The van der Waals surface area contributed by atoms with Crippen LogP contribution in [0, 0.1) is 58.2 Å². The summed E-state index contributed by atoms with van der Waals surface area (Å²) in [5, 5.41) is 11.2. The number of hydrogen-bond donors (Lipinski definition) is 7. The number of carboxylic acid groups (broad SMARTS) is 1. The molecule has 0 bridgehead atoms. The molecule has 0 aliphatic rings. The average molecular weight is 1900 g/mol. The number of aryl methyl sites for hydroxylation is 1. The van der Waals surface area contributed by atoms with Crippen molar-refractivity contribution in [3.8, 4) is 79.5 Å². The van der Waals surface area contributed by atoms with Gasteiger partial charge in [0, 0.05) is 22.3 Å². The van der Waals surface area contributed by atoms with Gasteiger partial charge in [0.1, 0.15) is 74.2 Å². The number of benzene rings is 4. The smallest absolute Gasteiger partial charge is 0.419 e. The van der Waals surface area contributed by atoms with E-state index in [9.17, 15) is 85.8 Å². The van der Waals surface area contributed by atoms with E-state index >= 15 is 0 Å². The molecule has 131 heavy (non-hydrogen) atoms. The number of rotatable bonds is 21. The highest BCUT2D eigenvalue weighted by atomic mass is 28.3. The Morgan fingerprint density at radius 1 is 0.366 bits per heavy atom. The first-order chi connectivity index (χ1) is 61.0. The predicted molar refractivity (Wildman–Crippen MR) is 470 cm³/mol. The van der Waals surface area contributed by atoms with Crippen molar-refractivity contribution in [2.75, 3.05) is 113 Å². The number of hydrogen-bond acceptors (Lipinski definition) is 29. The summed E-state index contributed by atoms with van der Waals surface area (Å²) in [6.07, 6.45) is -3.46. The van der Waals surface area contributed by atoms with Crippen LogP contribution >= 0.6 is 0 Å². The number of alkyl halides is 3. The lowest BCUT2D eigenvalue weighted by Crippen LogP contribution is -2.40. The van der Waals surface area contributed by atoms with Crippen LogP contribution in [0.25, 0.3) is 51.1 Å². The fourth-order valence-electron chi connectivity index (χ4n) is 11.8. The van der Waals surface area contributed by atoms with Gasteiger partial charge in [-0.25, -0.2) is 103 Å². The van der Waals surface area contributed by atoms with Gasteiger partial charge < -0.3 is 91.6 Å². The third kappa shape index (κ3) is 24.2. The SMILES string of the molecule is C=Cc1nc(C(=O)OC)c(OC)c(N)c1F.CCc1nc(C(=O)OC)c(OC)c(N)c1F.COC(=O)c1nc(-c2ccc([Si](C)(C)C)c(F)c2)c(F)c(N)c1OC.COC(=O)c1nc(-c2ccc([Si](C)(C)C)c(F)c2F)c(F)c(N)c1OC.COC(=O)c1nc(-c2ccc([Si](C)(C)C)cc2)c(F)c(N)c1OC.COc1c(C(=O)O)nc(-c2ccc(C(F)(F)F)c(F)c2)c(F)c1N. The summed E-state index contributed by atoms with van der Waals surface area (Å²) in [6, 6.07) is 16.0. The molecule has 704 valence electrons. The number of carboxylic acids is 1. The number of aromatic nitrogens is 6. The lowest BCUT2D eigenvalue weighted by atomic mass is 10.1. The molecule has 4 aromatic carbocycles. The number of aromatic carboxylic acids is 1. The van der Waals surface area contributed by atoms with Crippen molar-refractivity contribution in [1.29, 1.82) is 0 Å². The van der Waals surface area contributed by atoms with Gasteiger partial charge in [-0.2, -0.15) is 13.2 Å². The minimum absolute atomic E-state index is 0.00386. The summed E-state index contributed by atoms with van der Waals surface area (Å²) in [4.78, 5) is 92.4. The molecular weight excluding hydrogens is 1810 g/mol. The molecule has 0 saturated heterocycles. The Balaban J connectivity index is 0.000000281. The second kappa shape index (κ2) is 44.6. The van der Waals surface area contributed by atoms with Gasteiger partial charge in [-0.3, -0.25) is 0 Å². The maximum absolute atomic E-state index is 14.6. The molecular formula is C85H93F13N12O18Si3. The van der Waals surface area contributed by atoms with Gasteiger partial charge in [0.05, 0.1) is 114 Å². The molecule has 6 heterocycles. The quantitative estimate of drug-likeness (QED) is 0.0152. The summed E-state index contributed by atoms with van der Waals surface area (Å²) < 4.78 is 232. The normalized spacial score (nSPS) is 11.0. The number of nitrogens with two attached hydrogens (primary N) is 6. The van der Waals surface area contributed by atoms with E-state index in [4.69, 9.17) is 63.2 Å². The second-order valence-electron chi connectivity index (χ2n) is 29.9. The van der Waals surface area contributed by atoms with Crippen molar-refractivity contribution >= 4 is 116 Å². The highest BCUT2D eigenvalue weighted by Gasteiger charge is 2.37. The number of nitrogens with zero attached hydrogens (tertiary/aromatic N) is 6. The van der Waals surface area contributed by atoms with E-state index < -0.39 is 181 Å². The Bertz CT molecular complexity index is 6010. The number of ether oxygens (including phenoxy) is 11. The zero-order valence-corrected chi connectivity index (χ0v) is 77.4. The molecule has 0 aliphatic carbocycles. The van der Waals surface area contributed by atoms with Crippen molar-refractivity contribution in [3.05, 3.63) is 189 Å². The van der Waals surface area contributed by atoms with Crippen LogP contribution < -0.4 is 78.4 Å². The number of halogens is 13. The van der Waals surface area contributed by atoms with E-state index in [2.05, 4.69) is 84.5 Å². The van der Waals surface area contributed by atoms with Gasteiger partial charge >= 0.3 is 42.0 Å². The van der Waals surface area contributed by atoms with Gasteiger partial charge in [0.25, 0.3) is 0 Å². The topological polar surface area (TPSA) is 458 Å². The van der Waals surface area contributed by atoms with Crippen molar-refractivity contribution < 1.29 is 143 Å². The van der Waals surface area contributed by atoms with Crippen molar-refractivity contribution in [3.63, 3.8) is 0 Å². The Morgan fingerprint density at radius 2 is 0.672 bits per heavy atom. The molecule has 0 saturated carbocycles. The molecule has 0 spiro atoms. The first kappa shape index (κ1) is 107. The Morgan fingerprint density at radius 3 is 1.00 bits per heavy atom. The highest BCUT2D eigenvalue weighted by Crippen LogP contribution is 2.42. The second-order valence-corrected chi connectivity index (χ2v) is 45.0. The lowest BCUT2D eigenvalue weighted by molar-refractivity contribution is -0.140. The van der Waals surface area contributed by atoms with Crippen molar-refractivity contribution in [2.24, 2.45) is 0 Å². The van der Waals surface area contributed by atoms with E-state index in [0.29, 0.717) is 29.3 Å². The molecule has 0 radical (unpaired) electrons. The average Bonchev–Trinajstić information content (AvgIpc) is 0.769. The first-order valence-corrected chi connectivity index (χ1v) is 48.3. The molecule has 10 aromatic rings. The number of nitrogen functional groups attached to an aromatic ring is 6. The number of pyridine rings is 6. The molecule has 0 fully saturated rings. The molecule has 0 amide bonds. The minimum Gasteiger partial charge on any atom is -0.492 e. The summed E-state index contributed by atoms with van der Waals surface area (Å²) in [5.74, 6) is -16.9. The first-order valence-electron chi connectivity index (χ1n) is 37.8. The Hall–Kier alpha value is -14.3. The number of anilines is 6. The van der Waals surface area contributed by atoms with Crippen molar-refractivity contribution in [1.82, 2.24) is 29.9 Å². The minimum atomic E-state index is -4.93. The van der Waals surface area contributed by atoms with Crippen LogP contribution in [-0.2, 0) is 36.3 Å². The van der Waals surface area contributed by atoms with Crippen LogP contribution in [0.5, 0.6) is 34.5 Å². The summed E-state index contributed by atoms with van der Waals surface area (Å²) in [6.45, 7) is 23.3. The lowest BCUT2D eigenvalue weighted by Gasteiger charge is -2.19. The standard InChI is InChI=1S/C17H19F3N2O3Si.C17H20F2N2O3Si.C17H21FN2O3Si.C14H9F5N2O3.C10H13FN2O3.C10H11FN2O3/c1-24-16-13(21)12(20)14(22-15(16)17(23)25-2)8-6-7-9(26(3,4)5)11(19)10(8)18;1-23-16-13(20)12(19)14(21-15(16)17(22)24-2)9-6-7-11(10(18)8-9)25(3,4)5;1-22-16-13(19)12(18)14(20-15(16)17(21)23-2)10-6-8-11(9-7-10)24(3,4)5;1-24-12-9(20)8(16)10(21-11(12)13(22)23)5-2-3-6(7(15)4-5)14(17,18)19;2*1-4-5-6(11)7(12)9(15-2)8(13-5)10(14)16-3/h6-7H,1-5H3,(H2,21,22);6-8H,1-5H3,(H2,20,21);6-9H,1-5H3,(H2,19,20);2-4H,1H3,(H2,20,21)(H,22,23);4H2,1-3H3,(H2,12,13);4H,1H2,2-3H3,(H2,12,13). The Labute approximate surface area is 744 Å². The fourth-order valence-corrected chi connectivity index (χ4v) is 15.6. The number of carbonyl (C=O) groups excluding carboxylic acids is 5. The van der Waals surface area contributed by atoms with E-state index in [0.717, 1.165) is 33.5 Å². The molecule has 10 rings (SSSR count). The maximum atomic E-state index is 14.6. The highest BCUT2D eigenvalue weighted by molar-refractivity contribution is 6.89. The monoisotopic (exact) mass is 1900 g/mol. The molecule has 30 nitrogen and oxygen atoms in total. The van der Waals surface area contributed by atoms with E-state index in [-0.39, 0.29) is 108 Å². The van der Waals surface area contributed by atoms with Crippen LogP contribution in [0.3, 0.4) is 0 Å². The molecule has 46 heteroatoms. The Kier molecular flexibility index (Phi) is 36.5. The summed E-state index contributed by atoms with van der Waals surface area (Å²) in [7, 11) is 7.62. The molecule has 0 aliphatic heterocycles. The van der Waals surface area contributed by atoms with E-state index in [1.54, 1.807) is 31.2 Å². The van der Waals surface area contributed by atoms with E-state index in [1.165, 1.54) is 80.3 Å². The van der Waals surface area contributed by atoms with Crippen LogP contribution in [0.4, 0.5) is 91.2 Å². The summed E-state index contributed by atoms with van der Waals surface area (Å²) >= 11 is 0. The molecule has 13 N–H and O–H groups in total. The molecule has 0 atom stereocenters. The maximum Gasteiger partial charge on any atom is 0.419 e. The van der Waals surface area contributed by atoms with Crippen LogP contribution in [0.2, 0.25) is 58.9 Å². The van der Waals surface area contributed by atoms with Crippen LogP contribution in [0.1, 0.15) is 86.8 Å². The summed E-state index contributed by atoms with van der Waals surface area (Å²) in [5.41, 5.74) is 26.0. The van der Waals surface area contributed by atoms with E-state index in [1.807, 2.05) is 51.4 Å². The van der Waals surface area contributed by atoms with Crippen molar-refractivity contribution in [2.45, 2.75) is 78.4 Å².